The summed E-state index contributed by atoms with van der Waals surface area (Å²) >= 11 is 0. The number of rotatable bonds is 5. The molecule has 0 radical (unpaired) electrons. The van der Waals surface area contributed by atoms with E-state index in [1.165, 1.54) is 18.2 Å². The third kappa shape index (κ3) is 3.76. The lowest BCUT2D eigenvalue weighted by atomic mass is 9.96. The van der Waals surface area contributed by atoms with Crippen LogP contribution in [0.2, 0.25) is 0 Å². The van der Waals surface area contributed by atoms with Crippen molar-refractivity contribution < 1.29 is 14.0 Å². The highest BCUT2D eigenvalue weighted by Gasteiger charge is 2.31. The average molecular weight is 342 g/mol. The van der Waals surface area contributed by atoms with Crippen molar-refractivity contribution in [1.29, 1.82) is 0 Å². The molecule has 0 aliphatic carbocycles. The van der Waals surface area contributed by atoms with Gasteiger partial charge in [-0.15, -0.1) is 0 Å². The molecule has 2 heterocycles. The highest BCUT2D eigenvalue weighted by Crippen LogP contribution is 2.22. The number of amides is 2. The largest absolute Gasteiger partial charge is 0.338 e. The molecule has 1 saturated heterocycles. The molecule has 3 rings (SSSR count). The van der Waals surface area contributed by atoms with Gasteiger partial charge < -0.3 is 10.2 Å². The molecule has 25 heavy (non-hydrogen) atoms. The normalized spacial score (nSPS) is 14.1. The number of carbonyl (C=O) groups is 2. The van der Waals surface area contributed by atoms with Crippen LogP contribution in [0, 0.1) is 18.7 Å². The van der Waals surface area contributed by atoms with Gasteiger partial charge in [0.2, 0.25) is 11.8 Å². The van der Waals surface area contributed by atoms with Crippen molar-refractivity contribution >= 4 is 17.6 Å². The second-order valence-corrected chi connectivity index (χ2v) is 6.12. The summed E-state index contributed by atoms with van der Waals surface area (Å²) in [5.74, 6) is 0.0992. The molecule has 0 unspecified atom stereocenters. The molecule has 130 valence electrons. The van der Waals surface area contributed by atoms with Crippen LogP contribution >= 0.6 is 0 Å². The van der Waals surface area contributed by atoms with Crippen LogP contribution in [0.5, 0.6) is 0 Å². The Hall–Kier alpha value is -2.96. The second kappa shape index (κ2) is 6.88. The number of benzene rings is 1. The van der Waals surface area contributed by atoms with Crippen molar-refractivity contribution in [2.24, 2.45) is 5.92 Å². The van der Waals surface area contributed by atoms with E-state index < -0.39 is 0 Å². The fourth-order valence-corrected chi connectivity index (χ4v) is 2.83. The molecule has 1 N–H and O–H groups in total. The quantitative estimate of drug-likeness (QED) is 0.848. The zero-order chi connectivity index (χ0) is 18.0. The minimum atomic E-state index is -0.332. The van der Waals surface area contributed by atoms with Gasteiger partial charge in [-0.25, -0.2) is 9.07 Å². The summed E-state index contributed by atoms with van der Waals surface area (Å²) in [6.45, 7) is 6.40. The Morgan fingerprint density at radius 3 is 2.68 bits per heavy atom. The Labute approximate surface area is 144 Å². The molecular formula is C18H19FN4O2. The molecule has 7 heteroatoms. The van der Waals surface area contributed by atoms with Crippen LogP contribution in [0.25, 0.3) is 5.69 Å². The van der Waals surface area contributed by atoms with Crippen LogP contribution in [0.15, 0.2) is 43.0 Å². The van der Waals surface area contributed by atoms with Gasteiger partial charge in [-0.1, -0.05) is 6.58 Å². The van der Waals surface area contributed by atoms with Gasteiger partial charge in [-0.2, -0.15) is 5.10 Å². The van der Waals surface area contributed by atoms with Crippen molar-refractivity contribution in [3.05, 3.63) is 54.5 Å². The first-order valence-corrected chi connectivity index (χ1v) is 8.00. The smallest absolute Gasteiger partial charge is 0.245 e. The van der Waals surface area contributed by atoms with E-state index in [9.17, 15) is 14.0 Å². The van der Waals surface area contributed by atoms with E-state index in [1.807, 2.05) is 6.92 Å². The third-order valence-corrected chi connectivity index (χ3v) is 4.09. The van der Waals surface area contributed by atoms with Crippen molar-refractivity contribution in [3.63, 3.8) is 0 Å². The maximum atomic E-state index is 13.1. The van der Waals surface area contributed by atoms with Gasteiger partial charge in [0.15, 0.2) is 0 Å². The first-order valence-electron chi connectivity index (χ1n) is 8.00. The van der Waals surface area contributed by atoms with E-state index >= 15 is 0 Å². The van der Waals surface area contributed by atoms with E-state index in [-0.39, 0.29) is 23.5 Å². The van der Waals surface area contributed by atoms with Crippen molar-refractivity contribution in [2.45, 2.75) is 13.3 Å². The standard InChI is InChI=1S/C18H19FN4O2/c1-3-18(25)22-10-13(11-22)9-17(24)20-16-8-12(2)21-23(16)15-6-4-14(19)5-7-15/h3-8,13H,1,9-11H2,2H3,(H,20,24). The van der Waals surface area contributed by atoms with E-state index in [2.05, 4.69) is 17.0 Å². The van der Waals surface area contributed by atoms with Crippen LogP contribution in [0.4, 0.5) is 10.2 Å². The lowest BCUT2D eigenvalue weighted by Gasteiger charge is -2.38. The van der Waals surface area contributed by atoms with Gasteiger partial charge in [0.1, 0.15) is 11.6 Å². The van der Waals surface area contributed by atoms with Gasteiger partial charge >= 0.3 is 0 Å². The lowest BCUT2D eigenvalue weighted by molar-refractivity contribution is -0.134. The van der Waals surface area contributed by atoms with Gasteiger partial charge in [0.05, 0.1) is 11.4 Å². The van der Waals surface area contributed by atoms with Crippen LogP contribution in [-0.2, 0) is 9.59 Å². The molecule has 0 spiro atoms. The maximum Gasteiger partial charge on any atom is 0.245 e. The highest BCUT2D eigenvalue weighted by molar-refractivity contribution is 5.91. The van der Waals surface area contributed by atoms with Crippen LogP contribution < -0.4 is 5.32 Å². The first-order chi connectivity index (χ1) is 12.0. The molecule has 0 atom stereocenters. The summed E-state index contributed by atoms with van der Waals surface area (Å²) in [5, 5.41) is 7.18. The van der Waals surface area contributed by atoms with E-state index in [4.69, 9.17) is 0 Å². The molecule has 2 amide bonds. The number of likely N-dealkylation sites (tertiary alicyclic amines) is 1. The maximum absolute atomic E-state index is 13.1. The number of carbonyl (C=O) groups excluding carboxylic acids is 2. The second-order valence-electron chi connectivity index (χ2n) is 6.12. The average Bonchev–Trinajstić information content (AvgIpc) is 2.91. The number of nitrogens with zero attached hydrogens (tertiary/aromatic N) is 3. The Kier molecular flexibility index (Phi) is 4.65. The van der Waals surface area contributed by atoms with Gasteiger partial charge in [-0.05, 0) is 37.3 Å². The lowest BCUT2D eigenvalue weighted by Crippen LogP contribution is -2.50. The minimum Gasteiger partial charge on any atom is -0.338 e. The molecule has 2 aromatic rings. The molecule has 1 aliphatic rings. The number of aromatic nitrogens is 2. The van der Waals surface area contributed by atoms with E-state index in [0.29, 0.717) is 31.0 Å². The number of hydrogen-bond donors (Lipinski definition) is 1. The van der Waals surface area contributed by atoms with E-state index in [0.717, 1.165) is 5.69 Å². The molecule has 1 aromatic carbocycles. The molecule has 1 aliphatic heterocycles. The Balaban J connectivity index is 1.63. The van der Waals surface area contributed by atoms with Crippen LogP contribution in [0.1, 0.15) is 12.1 Å². The number of nitrogens with one attached hydrogen (secondary N) is 1. The summed E-state index contributed by atoms with van der Waals surface area (Å²) in [7, 11) is 0. The predicted octanol–water partition coefficient (Wildman–Crippen LogP) is 2.29. The van der Waals surface area contributed by atoms with Crippen molar-refractivity contribution in [1.82, 2.24) is 14.7 Å². The molecular weight excluding hydrogens is 323 g/mol. The molecule has 0 saturated carbocycles. The van der Waals surface area contributed by atoms with Crippen molar-refractivity contribution in [3.8, 4) is 5.69 Å². The Morgan fingerprint density at radius 1 is 1.36 bits per heavy atom. The SMILES string of the molecule is C=CC(=O)N1CC(CC(=O)Nc2cc(C)nn2-c2ccc(F)cc2)C1. The summed E-state index contributed by atoms with van der Waals surface area (Å²) in [6.07, 6.45) is 1.61. The molecule has 6 nitrogen and oxygen atoms in total. The number of halogens is 1. The number of anilines is 1. The summed E-state index contributed by atoms with van der Waals surface area (Å²) in [4.78, 5) is 25.3. The third-order valence-electron chi connectivity index (χ3n) is 4.09. The first kappa shape index (κ1) is 16.9. The molecule has 1 fully saturated rings. The fraction of sp³-hybridized carbons (Fsp3) is 0.278. The minimum absolute atomic E-state index is 0.110. The monoisotopic (exact) mass is 342 g/mol. The summed E-state index contributed by atoms with van der Waals surface area (Å²) < 4.78 is 14.7. The Morgan fingerprint density at radius 2 is 2.04 bits per heavy atom. The summed E-state index contributed by atoms with van der Waals surface area (Å²) in [6, 6.07) is 7.65. The van der Waals surface area contributed by atoms with Gasteiger partial charge in [0.25, 0.3) is 0 Å². The molecule has 1 aromatic heterocycles. The van der Waals surface area contributed by atoms with Crippen LogP contribution in [0.3, 0.4) is 0 Å². The van der Waals surface area contributed by atoms with Gasteiger partial charge in [-0.3, -0.25) is 9.59 Å². The van der Waals surface area contributed by atoms with Crippen LogP contribution in [-0.4, -0.2) is 39.6 Å². The number of aryl methyl sites for hydroxylation is 1. The van der Waals surface area contributed by atoms with Crippen molar-refractivity contribution in [2.75, 3.05) is 18.4 Å². The topological polar surface area (TPSA) is 67.2 Å². The zero-order valence-electron chi connectivity index (χ0n) is 13.9. The molecule has 0 bridgehead atoms. The predicted molar refractivity (Wildman–Crippen MR) is 91.8 cm³/mol. The highest BCUT2D eigenvalue weighted by atomic mass is 19.1. The number of hydrogen-bond acceptors (Lipinski definition) is 3. The summed E-state index contributed by atoms with van der Waals surface area (Å²) in [5.41, 5.74) is 1.40. The van der Waals surface area contributed by atoms with Gasteiger partial charge in [0, 0.05) is 31.5 Å². The van der Waals surface area contributed by atoms with E-state index in [1.54, 1.807) is 27.8 Å². The zero-order valence-corrected chi connectivity index (χ0v) is 13.9. The Bertz CT molecular complexity index is 807. The fourth-order valence-electron chi connectivity index (χ4n) is 2.83.